The van der Waals surface area contributed by atoms with Crippen molar-refractivity contribution in [3.8, 4) is 12.0 Å². The first-order valence-corrected chi connectivity index (χ1v) is 3.32. The van der Waals surface area contributed by atoms with Gasteiger partial charge in [-0.25, -0.2) is 0 Å². The molecular formula is C5H6ClN3O2. The van der Waals surface area contributed by atoms with E-state index < -0.39 is 0 Å². The maximum atomic E-state index is 5.27. The lowest BCUT2D eigenvalue weighted by Crippen LogP contribution is -1.99. The lowest BCUT2D eigenvalue weighted by Gasteiger charge is -1.99. The largest absolute Gasteiger partial charge is 0.467 e. The third-order valence-corrected chi connectivity index (χ3v) is 1.00. The van der Waals surface area contributed by atoms with Crippen molar-refractivity contribution in [3.05, 3.63) is 6.33 Å². The van der Waals surface area contributed by atoms with E-state index in [2.05, 4.69) is 15.0 Å². The number of ether oxygens (including phenoxy) is 2. The molecule has 0 fully saturated rings. The van der Waals surface area contributed by atoms with Crippen molar-refractivity contribution in [2.45, 2.75) is 0 Å². The van der Waals surface area contributed by atoms with Crippen molar-refractivity contribution in [2.24, 2.45) is 0 Å². The Bertz CT molecular complexity index is 233. The highest BCUT2D eigenvalue weighted by molar-refractivity contribution is 6.17. The molecule has 5 nitrogen and oxygen atoms in total. The van der Waals surface area contributed by atoms with Gasteiger partial charge in [0.25, 0.3) is 0 Å². The van der Waals surface area contributed by atoms with E-state index in [1.54, 1.807) is 0 Å². The summed E-state index contributed by atoms with van der Waals surface area (Å²) in [4.78, 5) is 11.1. The number of hydrogen-bond acceptors (Lipinski definition) is 5. The molecule has 0 aliphatic rings. The summed E-state index contributed by atoms with van der Waals surface area (Å²) >= 11 is 5.27. The van der Waals surface area contributed by atoms with Crippen LogP contribution in [0, 0.1) is 0 Å². The van der Waals surface area contributed by atoms with Crippen molar-refractivity contribution < 1.29 is 9.47 Å². The van der Waals surface area contributed by atoms with Crippen LogP contribution in [0.25, 0.3) is 0 Å². The van der Waals surface area contributed by atoms with Gasteiger partial charge >= 0.3 is 12.0 Å². The Morgan fingerprint density at radius 2 is 2.18 bits per heavy atom. The molecule has 0 saturated carbocycles. The van der Waals surface area contributed by atoms with Crippen LogP contribution in [0.15, 0.2) is 6.33 Å². The molecule has 1 aromatic heterocycles. The first kappa shape index (κ1) is 8.00. The zero-order chi connectivity index (χ0) is 8.10. The molecule has 0 spiro atoms. The zero-order valence-electron chi connectivity index (χ0n) is 5.82. The fourth-order valence-corrected chi connectivity index (χ4v) is 0.581. The fourth-order valence-electron chi connectivity index (χ4n) is 0.484. The molecule has 0 aromatic carbocycles. The maximum absolute atomic E-state index is 5.27. The Labute approximate surface area is 68.4 Å². The van der Waals surface area contributed by atoms with Crippen LogP contribution in [-0.2, 0) is 0 Å². The molecule has 0 N–H and O–H groups in total. The Morgan fingerprint density at radius 3 is 2.82 bits per heavy atom. The second kappa shape index (κ2) is 3.92. The van der Waals surface area contributed by atoms with Gasteiger partial charge in [0.2, 0.25) is 0 Å². The molecule has 0 aliphatic heterocycles. The van der Waals surface area contributed by atoms with E-state index >= 15 is 0 Å². The standard InChI is InChI=1S/C5H6ClN3O2/c1-10-4-7-3-8-5(9-4)11-2-6/h3H,2H2,1H3. The third kappa shape index (κ3) is 2.19. The molecule has 60 valence electrons. The second-order valence-corrected chi connectivity index (χ2v) is 1.73. The van der Waals surface area contributed by atoms with Crippen LogP contribution in [0.2, 0.25) is 0 Å². The molecule has 11 heavy (non-hydrogen) atoms. The molecule has 0 aliphatic carbocycles. The molecule has 0 unspecified atom stereocenters. The van der Waals surface area contributed by atoms with Gasteiger partial charge in [0.05, 0.1) is 7.11 Å². The van der Waals surface area contributed by atoms with E-state index in [1.165, 1.54) is 13.4 Å². The van der Waals surface area contributed by atoms with E-state index in [-0.39, 0.29) is 18.1 Å². The summed E-state index contributed by atoms with van der Waals surface area (Å²) in [7, 11) is 1.46. The van der Waals surface area contributed by atoms with Crippen LogP contribution in [0.4, 0.5) is 0 Å². The molecule has 1 rings (SSSR count). The summed E-state index contributed by atoms with van der Waals surface area (Å²) in [5.41, 5.74) is 0. The van der Waals surface area contributed by atoms with Crippen LogP contribution in [0.3, 0.4) is 0 Å². The van der Waals surface area contributed by atoms with Gasteiger partial charge in [-0.05, 0) is 0 Å². The average Bonchev–Trinajstić information content (AvgIpc) is 2.06. The van der Waals surface area contributed by atoms with Gasteiger partial charge in [-0.3, -0.25) is 0 Å². The van der Waals surface area contributed by atoms with E-state index in [9.17, 15) is 0 Å². The molecule has 0 radical (unpaired) electrons. The molecule has 0 saturated heterocycles. The molecule has 0 amide bonds. The summed E-state index contributed by atoms with van der Waals surface area (Å²) in [5.74, 6) is 0. The van der Waals surface area contributed by atoms with Crippen molar-refractivity contribution in [3.63, 3.8) is 0 Å². The Morgan fingerprint density at radius 1 is 1.45 bits per heavy atom. The highest BCUT2D eigenvalue weighted by Gasteiger charge is 1.98. The SMILES string of the molecule is COc1ncnc(OCCl)n1. The predicted molar refractivity (Wildman–Crippen MR) is 37.7 cm³/mol. The van der Waals surface area contributed by atoms with E-state index in [1.807, 2.05) is 0 Å². The quantitative estimate of drug-likeness (QED) is 0.625. The minimum absolute atomic E-state index is 0.00711. The minimum atomic E-state index is 0.00711. The lowest BCUT2D eigenvalue weighted by atomic mass is 11.0. The zero-order valence-corrected chi connectivity index (χ0v) is 6.58. The predicted octanol–water partition coefficient (Wildman–Crippen LogP) is 0.455. The lowest BCUT2D eigenvalue weighted by molar-refractivity contribution is 0.327. The Balaban J connectivity index is 2.74. The number of nitrogens with zero attached hydrogens (tertiary/aromatic N) is 3. The summed E-state index contributed by atoms with van der Waals surface area (Å²) in [6, 6.07) is 0.375. The summed E-state index contributed by atoms with van der Waals surface area (Å²) in [6.45, 7) is 0. The second-order valence-electron chi connectivity index (χ2n) is 1.51. The number of halogens is 1. The Kier molecular flexibility index (Phi) is 2.85. The van der Waals surface area contributed by atoms with Crippen molar-refractivity contribution in [1.29, 1.82) is 0 Å². The van der Waals surface area contributed by atoms with Crippen LogP contribution in [0.1, 0.15) is 0 Å². The summed E-state index contributed by atoms with van der Waals surface area (Å²) in [6.07, 6.45) is 1.29. The maximum Gasteiger partial charge on any atom is 0.323 e. The van der Waals surface area contributed by atoms with Crippen LogP contribution in [-0.4, -0.2) is 28.1 Å². The van der Waals surface area contributed by atoms with E-state index in [0.29, 0.717) is 0 Å². The van der Waals surface area contributed by atoms with Gasteiger partial charge in [-0.15, -0.1) is 4.98 Å². The van der Waals surface area contributed by atoms with Gasteiger partial charge in [0.1, 0.15) is 6.33 Å². The Hall–Kier alpha value is -1.10. The molecule has 0 bridgehead atoms. The van der Waals surface area contributed by atoms with Gasteiger partial charge in [-0.2, -0.15) is 9.97 Å². The topological polar surface area (TPSA) is 57.1 Å². The number of aromatic nitrogens is 3. The first-order valence-electron chi connectivity index (χ1n) is 2.78. The third-order valence-electron chi connectivity index (χ3n) is 0.894. The highest BCUT2D eigenvalue weighted by atomic mass is 35.5. The smallest absolute Gasteiger partial charge is 0.323 e. The molecule has 1 aromatic rings. The van der Waals surface area contributed by atoms with E-state index in [0.717, 1.165) is 0 Å². The van der Waals surface area contributed by atoms with Crippen LogP contribution >= 0.6 is 11.6 Å². The fraction of sp³-hybridized carbons (Fsp3) is 0.400. The normalized spacial score (nSPS) is 9.27. The summed E-state index contributed by atoms with van der Waals surface area (Å²) in [5, 5.41) is 0. The molecule has 0 atom stereocenters. The van der Waals surface area contributed by atoms with Crippen LogP contribution < -0.4 is 9.47 Å². The van der Waals surface area contributed by atoms with Gasteiger partial charge in [-0.1, -0.05) is 11.6 Å². The molecule has 6 heteroatoms. The van der Waals surface area contributed by atoms with Crippen molar-refractivity contribution in [1.82, 2.24) is 15.0 Å². The number of alkyl halides is 1. The van der Waals surface area contributed by atoms with Gasteiger partial charge < -0.3 is 9.47 Å². The first-order chi connectivity index (χ1) is 5.36. The minimum Gasteiger partial charge on any atom is -0.467 e. The van der Waals surface area contributed by atoms with Gasteiger partial charge in [0, 0.05) is 0 Å². The van der Waals surface area contributed by atoms with E-state index in [4.69, 9.17) is 21.1 Å². The highest BCUT2D eigenvalue weighted by Crippen LogP contribution is 2.05. The molecule has 1 heterocycles. The molecular weight excluding hydrogens is 170 g/mol. The van der Waals surface area contributed by atoms with Gasteiger partial charge in [0.15, 0.2) is 6.07 Å². The summed E-state index contributed by atoms with van der Waals surface area (Å²) < 4.78 is 9.49. The monoisotopic (exact) mass is 175 g/mol. The average molecular weight is 176 g/mol. The van der Waals surface area contributed by atoms with Crippen LogP contribution in [0.5, 0.6) is 12.0 Å². The van der Waals surface area contributed by atoms with Crippen molar-refractivity contribution in [2.75, 3.05) is 13.2 Å². The number of rotatable bonds is 3. The number of methoxy groups -OCH3 is 1. The van der Waals surface area contributed by atoms with Crippen molar-refractivity contribution >= 4 is 11.6 Å². The number of hydrogen-bond donors (Lipinski definition) is 0.